The number of benzene rings is 2. The number of nitrogens with zero attached hydrogens (tertiary/aromatic N) is 1. The van der Waals surface area contributed by atoms with Crippen LogP contribution < -0.4 is 10.2 Å². The summed E-state index contributed by atoms with van der Waals surface area (Å²) in [4.78, 5) is 26.8. The molecule has 130 valence electrons. The first kappa shape index (κ1) is 17.2. The minimum Gasteiger partial charge on any atom is -0.373 e. The maximum absolute atomic E-state index is 12.9. The first-order chi connectivity index (χ1) is 11.8. The largest absolute Gasteiger partial charge is 0.373 e. The summed E-state index contributed by atoms with van der Waals surface area (Å²) in [6, 6.07) is 9.48. The molecule has 0 saturated carbocycles. The van der Waals surface area contributed by atoms with Gasteiger partial charge >= 0.3 is 0 Å². The minimum atomic E-state index is -0.519. The molecule has 0 radical (unpaired) electrons. The molecule has 25 heavy (non-hydrogen) atoms. The number of anilines is 2. The fraction of sp³-hybridized carbons (Fsp3) is 0.333. The topological polar surface area (TPSA) is 49.4 Å². The van der Waals surface area contributed by atoms with Crippen LogP contribution in [0.25, 0.3) is 0 Å². The third-order valence-electron chi connectivity index (χ3n) is 4.85. The molecular weight excluding hydrogens is 312 g/mol. The van der Waals surface area contributed by atoms with Crippen molar-refractivity contribution in [2.45, 2.75) is 47.1 Å². The van der Waals surface area contributed by atoms with Gasteiger partial charge in [0, 0.05) is 5.69 Å². The summed E-state index contributed by atoms with van der Waals surface area (Å²) in [6.45, 7) is 9.99. The SMILES string of the molecule is Cc1cc(C)c(N2C(=O)CC(Nc3ccc(C)c(C)c3)C2=O)c(C)c1. The van der Waals surface area contributed by atoms with Crippen molar-refractivity contribution < 1.29 is 9.59 Å². The summed E-state index contributed by atoms with van der Waals surface area (Å²) in [7, 11) is 0. The van der Waals surface area contributed by atoms with Crippen LogP contribution in [0.4, 0.5) is 11.4 Å². The zero-order valence-corrected chi connectivity index (χ0v) is 15.4. The molecule has 3 rings (SSSR count). The van der Waals surface area contributed by atoms with Gasteiger partial charge in [-0.15, -0.1) is 0 Å². The summed E-state index contributed by atoms with van der Waals surface area (Å²) in [5.41, 5.74) is 6.98. The maximum Gasteiger partial charge on any atom is 0.256 e. The van der Waals surface area contributed by atoms with Crippen molar-refractivity contribution in [1.29, 1.82) is 0 Å². The molecule has 1 atom stereocenters. The van der Waals surface area contributed by atoms with Gasteiger partial charge in [0.1, 0.15) is 6.04 Å². The zero-order chi connectivity index (χ0) is 18.3. The molecule has 0 aliphatic carbocycles. The van der Waals surface area contributed by atoms with E-state index in [1.807, 2.05) is 65.0 Å². The van der Waals surface area contributed by atoms with Crippen LogP contribution in [0.5, 0.6) is 0 Å². The monoisotopic (exact) mass is 336 g/mol. The molecule has 0 bridgehead atoms. The van der Waals surface area contributed by atoms with E-state index < -0.39 is 6.04 Å². The van der Waals surface area contributed by atoms with E-state index in [-0.39, 0.29) is 18.2 Å². The highest BCUT2D eigenvalue weighted by Crippen LogP contribution is 2.31. The maximum atomic E-state index is 12.9. The molecule has 1 aliphatic rings. The molecule has 0 aromatic heterocycles. The first-order valence-electron chi connectivity index (χ1n) is 8.56. The van der Waals surface area contributed by atoms with Crippen LogP contribution in [0.15, 0.2) is 30.3 Å². The third kappa shape index (κ3) is 3.16. The Morgan fingerprint density at radius 2 is 1.52 bits per heavy atom. The fourth-order valence-corrected chi connectivity index (χ4v) is 3.54. The Hall–Kier alpha value is -2.62. The van der Waals surface area contributed by atoms with E-state index >= 15 is 0 Å². The van der Waals surface area contributed by atoms with Crippen LogP contribution in [0.3, 0.4) is 0 Å². The number of hydrogen-bond donors (Lipinski definition) is 1. The summed E-state index contributed by atoms with van der Waals surface area (Å²) >= 11 is 0. The summed E-state index contributed by atoms with van der Waals surface area (Å²) in [5, 5.41) is 3.23. The molecule has 0 spiro atoms. The van der Waals surface area contributed by atoms with Crippen LogP contribution in [-0.2, 0) is 9.59 Å². The normalized spacial score (nSPS) is 17.3. The summed E-state index contributed by atoms with van der Waals surface area (Å²) in [5.74, 6) is -0.334. The summed E-state index contributed by atoms with van der Waals surface area (Å²) < 4.78 is 0. The Bertz CT molecular complexity index is 847. The molecule has 2 aromatic rings. The van der Waals surface area contributed by atoms with Crippen LogP contribution in [-0.4, -0.2) is 17.9 Å². The highest BCUT2D eigenvalue weighted by molar-refractivity contribution is 6.23. The van der Waals surface area contributed by atoms with Gasteiger partial charge in [-0.25, -0.2) is 4.90 Å². The lowest BCUT2D eigenvalue weighted by molar-refractivity contribution is -0.121. The van der Waals surface area contributed by atoms with Gasteiger partial charge in [0.2, 0.25) is 5.91 Å². The van der Waals surface area contributed by atoms with Crippen molar-refractivity contribution in [1.82, 2.24) is 0 Å². The van der Waals surface area contributed by atoms with Crippen molar-refractivity contribution in [3.63, 3.8) is 0 Å². The number of carbonyl (C=O) groups is 2. The lowest BCUT2D eigenvalue weighted by Crippen LogP contribution is -2.35. The van der Waals surface area contributed by atoms with Gasteiger partial charge in [-0.05, 0) is 69.0 Å². The van der Waals surface area contributed by atoms with Crippen molar-refractivity contribution >= 4 is 23.2 Å². The Labute approximate surface area is 148 Å². The van der Waals surface area contributed by atoms with Gasteiger partial charge in [-0.1, -0.05) is 23.8 Å². The molecular formula is C21H24N2O2. The number of hydrogen-bond acceptors (Lipinski definition) is 3. The highest BCUT2D eigenvalue weighted by atomic mass is 16.2. The first-order valence-corrected chi connectivity index (χ1v) is 8.56. The third-order valence-corrected chi connectivity index (χ3v) is 4.85. The van der Waals surface area contributed by atoms with Crippen LogP contribution in [0.1, 0.15) is 34.2 Å². The molecule has 1 aliphatic heterocycles. The smallest absolute Gasteiger partial charge is 0.256 e. The second-order valence-corrected chi connectivity index (χ2v) is 7.01. The van der Waals surface area contributed by atoms with E-state index in [9.17, 15) is 9.59 Å². The predicted molar refractivity (Wildman–Crippen MR) is 101 cm³/mol. The second kappa shape index (κ2) is 6.36. The lowest BCUT2D eigenvalue weighted by atomic mass is 10.0. The molecule has 1 saturated heterocycles. The van der Waals surface area contributed by atoms with E-state index in [0.717, 1.165) is 33.6 Å². The van der Waals surface area contributed by atoms with E-state index in [4.69, 9.17) is 0 Å². The zero-order valence-electron chi connectivity index (χ0n) is 15.4. The number of rotatable bonds is 3. The van der Waals surface area contributed by atoms with Gasteiger partial charge in [-0.3, -0.25) is 9.59 Å². The molecule has 1 heterocycles. The molecule has 1 fully saturated rings. The van der Waals surface area contributed by atoms with E-state index in [2.05, 4.69) is 5.32 Å². The molecule has 4 heteroatoms. The highest BCUT2D eigenvalue weighted by Gasteiger charge is 2.40. The number of aryl methyl sites for hydroxylation is 5. The molecule has 4 nitrogen and oxygen atoms in total. The Kier molecular flexibility index (Phi) is 4.38. The van der Waals surface area contributed by atoms with E-state index in [1.54, 1.807) is 0 Å². The van der Waals surface area contributed by atoms with Crippen LogP contribution >= 0.6 is 0 Å². The Morgan fingerprint density at radius 3 is 2.12 bits per heavy atom. The molecule has 2 aromatic carbocycles. The van der Waals surface area contributed by atoms with Crippen molar-refractivity contribution in [3.05, 3.63) is 58.1 Å². The Balaban J connectivity index is 1.89. The van der Waals surface area contributed by atoms with Crippen molar-refractivity contribution in [3.8, 4) is 0 Å². The molecule has 1 N–H and O–H groups in total. The number of carbonyl (C=O) groups excluding carboxylic acids is 2. The van der Waals surface area contributed by atoms with Crippen molar-refractivity contribution in [2.75, 3.05) is 10.2 Å². The number of nitrogens with one attached hydrogen (secondary N) is 1. The van der Waals surface area contributed by atoms with Crippen LogP contribution in [0, 0.1) is 34.6 Å². The standard InChI is InChI=1S/C21H24N2O2/c1-12-8-15(4)20(16(5)9-12)23-19(24)11-18(21(23)25)22-17-7-6-13(2)14(3)10-17/h6-10,18,22H,11H2,1-5H3. The van der Waals surface area contributed by atoms with Crippen molar-refractivity contribution in [2.24, 2.45) is 0 Å². The molecule has 2 amide bonds. The van der Waals surface area contributed by atoms with Gasteiger partial charge in [0.05, 0.1) is 12.1 Å². The van der Waals surface area contributed by atoms with E-state index in [1.165, 1.54) is 10.5 Å². The van der Waals surface area contributed by atoms with E-state index in [0.29, 0.717) is 0 Å². The van der Waals surface area contributed by atoms with Gasteiger partial charge < -0.3 is 5.32 Å². The predicted octanol–water partition coefficient (Wildman–Crippen LogP) is 3.97. The fourth-order valence-electron chi connectivity index (χ4n) is 3.54. The van der Waals surface area contributed by atoms with Gasteiger partial charge in [0.15, 0.2) is 0 Å². The number of amides is 2. The van der Waals surface area contributed by atoms with Gasteiger partial charge in [-0.2, -0.15) is 0 Å². The quantitative estimate of drug-likeness (QED) is 0.863. The lowest BCUT2D eigenvalue weighted by Gasteiger charge is -2.21. The van der Waals surface area contributed by atoms with Gasteiger partial charge in [0.25, 0.3) is 5.91 Å². The molecule has 1 unspecified atom stereocenters. The second-order valence-electron chi connectivity index (χ2n) is 7.01. The van der Waals surface area contributed by atoms with Crippen LogP contribution in [0.2, 0.25) is 0 Å². The Morgan fingerprint density at radius 1 is 0.880 bits per heavy atom. The minimum absolute atomic E-state index is 0.151. The number of imide groups is 1. The average Bonchev–Trinajstić information content (AvgIpc) is 2.78. The summed E-state index contributed by atoms with van der Waals surface area (Å²) in [6.07, 6.45) is 0.179. The average molecular weight is 336 g/mol.